The zero-order valence-corrected chi connectivity index (χ0v) is 12.1. The summed E-state index contributed by atoms with van der Waals surface area (Å²) in [5, 5.41) is 7.29. The summed E-state index contributed by atoms with van der Waals surface area (Å²) in [6, 6.07) is 8.23. The molecule has 0 aliphatic carbocycles. The van der Waals surface area contributed by atoms with Gasteiger partial charge in [-0.1, -0.05) is 28.1 Å². The van der Waals surface area contributed by atoms with Crippen molar-refractivity contribution in [2.24, 2.45) is 5.73 Å². The highest BCUT2D eigenvalue weighted by atomic mass is 79.9. The summed E-state index contributed by atoms with van der Waals surface area (Å²) < 4.78 is 1.05. The van der Waals surface area contributed by atoms with Crippen molar-refractivity contribution in [3.05, 3.63) is 28.7 Å². The van der Waals surface area contributed by atoms with Gasteiger partial charge in [0.2, 0.25) is 5.95 Å². The number of anilines is 1. The number of nitrogens with one attached hydrogen (secondary N) is 1. The predicted molar refractivity (Wildman–Crippen MR) is 78.9 cm³/mol. The third-order valence-electron chi connectivity index (χ3n) is 3.33. The first kappa shape index (κ1) is 12.6. The van der Waals surface area contributed by atoms with Gasteiger partial charge in [-0.05, 0) is 25.0 Å². The van der Waals surface area contributed by atoms with Crippen LogP contribution < -0.4 is 10.6 Å². The topological polar surface area (TPSA) is 70.8 Å². The van der Waals surface area contributed by atoms with Gasteiger partial charge in [0.15, 0.2) is 5.82 Å². The zero-order chi connectivity index (χ0) is 13.2. The van der Waals surface area contributed by atoms with Gasteiger partial charge in [0.1, 0.15) is 0 Å². The molecule has 1 fully saturated rings. The minimum Gasteiger partial charge on any atom is -0.338 e. The molecule has 0 bridgehead atoms. The summed E-state index contributed by atoms with van der Waals surface area (Å²) >= 11 is 3.42. The molecule has 0 radical (unpaired) electrons. The number of nitrogens with two attached hydrogens (primary N) is 1. The number of benzene rings is 1. The first-order valence-electron chi connectivity index (χ1n) is 6.41. The average Bonchev–Trinajstić information content (AvgIpc) is 2.89. The first-order valence-corrected chi connectivity index (χ1v) is 7.20. The number of H-pyrrole nitrogens is 1. The molecular formula is C13H16BrN5. The Morgan fingerprint density at radius 2 is 2.11 bits per heavy atom. The van der Waals surface area contributed by atoms with E-state index in [2.05, 4.69) is 36.0 Å². The molecule has 5 nitrogen and oxygen atoms in total. The summed E-state index contributed by atoms with van der Waals surface area (Å²) in [5.74, 6) is 1.54. The van der Waals surface area contributed by atoms with Crippen LogP contribution in [-0.2, 0) is 0 Å². The summed E-state index contributed by atoms with van der Waals surface area (Å²) in [5.41, 5.74) is 7.02. The largest absolute Gasteiger partial charge is 0.338 e. The van der Waals surface area contributed by atoms with Crippen LogP contribution in [0.3, 0.4) is 0 Å². The van der Waals surface area contributed by atoms with E-state index in [0.717, 1.165) is 47.7 Å². The third-order valence-corrected chi connectivity index (χ3v) is 3.86. The molecule has 1 unspecified atom stereocenters. The highest BCUT2D eigenvalue weighted by molar-refractivity contribution is 9.10. The molecule has 2 aromatic rings. The lowest BCUT2D eigenvalue weighted by Gasteiger charge is -2.29. The van der Waals surface area contributed by atoms with Crippen LogP contribution in [-0.4, -0.2) is 34.3 Å². The Bertz CT molecular complexity index is 550. The number of rotatable bonds is 2. The molecule has 1 aromatic heterocycles. The van der Waals surface area contributed by atoms with Gasteiger partial charge in [-0.3, -0.25) is 5.10 Å². The van der Waals surface area contributed by atoms with Crippen LogP contribution in [0.5, 0.6) is 0 Å². The number of aromatic amines is 1. The molecule has 100 valence electrons. The number of halogens is 1. The van der Waals surface area contributed by atoms with Crippen molar-refractivity contribution in [3.63, 3.8) is 0 Å². The van der Waals surface area contributed by atoms with Crippen molar-refractivity contribution in [3.8, 4) is 11.4 Å². The molecule has 6 heteroatoms. The molecule has 2 heterocycles. The van der Waals surface area contributed by atoms with Crippen molar-refractivity contribution in [1.29, 1.82) is 0 Å². The van der Waals surface area contributed by atoms with Crippen molar-refractivity contribution < 1.29 is 0 Å². The van der Waals surface area contributed by atoms with Crippen LogP contribution in [0.4, 0.5) is 5.95 Å². The summed E-state index contributed by atoms with van der Waals surface area (Å²) in [4.78, 5) is 6.70. The van der Waals surface area contributed by atoms with E-state index in [1.165, 1.54) is 0 Å². The molecule has 3 N–H and O–H groups in total. The molecule has 19 heavy (non-hydrogen) atoms. The number of nitrogens with zero attached hydrogens (tertiary/aromatic N) is 3. The smallest absolute Gasteiger partial charge is 0.245 e. The van der Waals surface area contributed by atoms with Gasteiger partial charge >= 0.3 is 0 Å². The predicted octanol–water partition coefficient (Wildman–Crippen LogP) is 2.16. The molecule has 3 rings (SSSR count). The Morgan fingerprint density at radius 3 is 2.84 bits per heavy atom. The Labute approximate surface area is 120 Å². The van der Waals surface area contributed by atoms with E-state index < -0.39 is 0 Å². The summed E-state index contributed by atoms with van der Waals surface area (Å²) in [6.45, 7) is 1.81. The number of hydrogen-bond acceptors (Lipinski definition) is 4. The minimum atomic E-state index is 0.225. The van der Waals surface area contributed by atoms with Crippen LogP contribution in [0.25, 0.3) is 11.4 Å². The van der Waals surface area contributed by atoms with Crippen molar-refractivity contribution >= 4 is 21.9 Å². The molecule has 0 saturated carbocycles. The molecular weight excluding hydrogens is 306 g/mol. The van der Waals surface area contributed by atoms with Crippen molar-refractivity contribution in [1.82, 2.24) is 15.2 Å². The van der Waals surface area contributed by atoms with E-state index in [0.29, 0.717) is 0 Å². The lowest BCUT2D eigenvalue weighted by molar-refractivity contribution is 0.500. The Kier molecular flexibility index (Phi) is 3.52. The van der Waals surface area contributed by atoms with Gasteiger partial charge in [0.25, 0.3) is 0 Å². The van der Waals surface area contributed by atoms with Gasteiger partial charge in [0, 0.05) is 29.2 Å². The fraction of sp³-hybridized carbons (Fsp3) is 0.385. The summed E-state index contributed by atoms with van der Waals surface area (Å²) in [7, 11) is 0. The van der Waals surface area contributed by atoms with Crippen LogP contribution >= 0.6 is 15.9 Å². The lowest BCUT2D eigenvalue weighted by Crippen LogP contribution is -2.43. The standard InChI is InChI=1S/C13H16BrN5/c14-10-5-3-9(4-6-10)12-16-13(18-17-12)19-7-1-2-11(15)8-19/h3-6,11H,1-2,7-8,15H2,(H,16,17,18). The monoisotopic (exact) mass is 321 g/mol. The normalized spacial score (nSPS) is 19.7. The van der Waals surface area contributed by atoms with E-state index in [1.54, 1.807) is 0 Å². The van der Waals surface area contributed by atoms with E-state index in [1.807, 2.05) is 24.3 Å². The molecule has 1 atom stereocenters. The van der Waals surface area contributed by atoms with E-state index in [4.69, 9.17) is 5.73 Å². The van der Waals surface area contributed by atoms with Crippen LogP contribution in [0.15, 0.2) is 28.7 Å². The van der Waals surface area contributed by atoms with E-state index in [9.17, 15) is 0 Å². The van der Waals surface area contributed by atoms with Gasteiger partial charge in [0.05, 0.1) is 0 Å². The SMILES string of the molecule is NC1CCCN(c2n[nH]c(-c3ccc(Br)cc3)n2)C1. The lowest BCUT2D eigenvalue weighted by atomic mass is 10.1. The highest BCUT2D eigenvalue weighted by Gasteiger charge is 2.20. The fourth-order valence-corrected chi connectivity index (χ4v) is 2.59. The zero-order valence-electron chi connectivity index (χ0n) is 10.5. The van der Waals surface area contributed by atoms with Gasteiger partial charge in [-0.2, -0.15) is 4.98 Å². The number of hydrogen-bond donors (Lipinski definition) is 2. The van der Waals surface area contributed by atoms with Crippen molar-refractivity contribution in [2.45, 2.75) is 18.9 Å². The molecule has 1 aliphatic heterocycles. The molecule has 1 aliphatic rings. The van der Waals surface area contributed by atoms with Gasteiger partial charge in [-0.25, -0.2) is 0 Å². The number of aromatic nitrogens is 3. The maximum atomic E-state index is 5.98. The fourth-order valence-electron chi connectivity index (χ4n) is 2.32. The quantitative estimate of drug-likeness (QED) is 0.889. The van der Waals surface area contributed by atoms with Crippen LogP contribution in [0.1, 0.15) is 12.8 Å². The Balaban J connectivity index is 1.81. The minimum absolute atomic E-state index is 0.225. The highest BCUT2D eigenvalue weighted by Crippen LogP contribution is 2.21. The Morgan fingerprint density at radius 1 is 1.32 bits per heavy atom. The van der Waals surface area contributed by atoms with Gasteiger partial charge in [-0.15, -0.1) is 5.10 Å². The molecule has 0 spiro atoms. The summed E-state index contributed by atoms with van der Waals surface area (Å²) in [6.07, 6.45) is 2.18. The second-order valence-electron chi connectivity index (χ2n) is 4.84. The Hall–Kier alpha value is -1.40. The van der Waals surface area contributed by atoms with E-state index >= 15 is 0 Å². The maximum absolute atomic E-state index is 5.98. The van der Waals surface area contributed by atoms with E-state index in [-0.39, 0.29) is 6.04 Å². The second kappa shape index (κ2) is 5.30. The first-order chi connectivity index (χ1) is 9.22. The van der Waals surface area contributed by atoms with Crippen LogP contribution in [0, 0.1) is 0 Å². The molecule has 0 amide bonds. The third kappa shape index (κ3) is 2.79. The second-order valence-corrected chi connectivity index (χ2v) is 5.75. The van der Waals surface area contributed by atoms with Crippen molar-refractivity contribution in [2.75, 3.05) is 18.0 Å². The molecule has 1 saturated heterocycles. The maximum Gasteiger partial charge on any atom is 0.245 e. The average molecular weight is 322 g/mol. The number of piperidine rings is 1. The molecule has 1 aromatic carbocycles. The van der Waals surface area contributed by atoms with Crippen LogP contribution in [0.2, 0.25) is 0 Å². The van der Waals surface area contributed by atoms with Gasteiger partial charge < -0.3 is 10.6 Å².